The quantitative estimate of drug-likeness (QED) is 0.697. The minimum atomic E-state index is -1.36. The van der Waals surface area contributed by atoms with Crippen molar-refractivity contribution < 1.29 is 27.3 Å². The van der Waals surface area contributed by atoms with Gasteiger partial charge in [-0.05, 0) is 30.7 Å². The molecule has 5 nitrogen and oxygen atoms in total. The first-order valence-corrected chi connectivity index (χ1v) is 9.47. The van der Waals surface area contributed by atoms with Crippen LogP contribution in [0.3, 0.4) is 0 Å². The van der Waals surface area contributed by atoms with Crippen molar-refractivity contribution in [2.75, 3.05) is 12.9 Å². The molecule has 0 bridgehead atoms. The van der Waals surface area contributed by atoms with E-state index >= 15 is 0 Å². The van der Waals surface area contributed by atoms with E-state index in [1.807, 2.05) is 0 Å². The molecule has 0 saturated heterocycles. The second-order valence-electron chi connectivity index (χ2n) is 5.67. The fraction of sp³-hybridized carbons (Fsp3) is 0.263. The smallest absolute Gasteiger partial charge is 0.328 e. The average Bonchev–Trinajstić information content (AvgIpc) is 2.67. The first kappa shape index (κ1) is 20.7. The van der Waals surface area contributed by atoms with Gasteiger partial charge in [-0.25, -0.2) is 13.6 Å². The number of benzene rings is 2. The third-order valence-electron chi connectivity index (χ3n) is 3.82. The average molecular weight is 395 g/mol. The van der Waals surface area contributed by atoms with Gasteiger partial charge in [0.1, 0.15) is 17.7 Å². The highest BCUT2D eigenvalue weighted by Crippen LogP contribution is 2.13. The summed E-state index contributed by atoms with van der Waals surface area (Å²) in [5.41, 5.74) is -0.383. The van der Waals surface area contributed by atoms with Gasteiger partial charge in [0.2, 0.25) is 5.91 Å². The predicted octanol–water partition coefficient (Wildman–Crippen LogP) is 2.36. The third-order valence-corrected chi connectivity index (χ3v) is 5.22. The Morgan fingerprint density at radius 2 is 1.70 bits per heavy atom. The lowest BCUT2D eigenvalue weighted by atomic mass is 10.1. The van der Waals surface area contributed by atoms with Gasteiger partial charge in [0.25, 0.3) is 0 Å². The second-order valence-corrected chi connectivity index (χ2v) is 7.24. The Bertz CT molecular complexity index is 809. The lowest BCUT2D eigenvalue weighted by molar-refractivity contribution is -0.145. The molecule has 0 saturated carbocycles. The number of halogens is 2. The topological polar surface area (TPSA) is 72.5 Å². The number of hydrogen-bond donors (Lipinski definition) is 1. The Balaban J connectivity index is 2.00. The summed E-state index contributed by atoms with van der Waals surface area (Å²) in [6.07, 6.45) is -0.506. The number of carbonyl (C=O) groups excluding carboxylic acids is 2. The number of ether oxygens (including phenoxy) is 1. The third kappa shape index (κ3) is 5.96. The van der Waals surface area contributed by atoms with Crippen molar-refractivity contribution in [3.63, 3.8) is 0 Å². The van der Waals surface area contributed by atoms with Crippen LogP contribution in [0.25, 0.3) is 0 Å². The van der Waals surface area contributed by atoms with Gasteiger partial charge in [0.15, 0.2) is 0 Å². The Labute approximate surface area is 158 Å². The van der Waals surface area contributed by atoms with Crippen LogP contribution in [0.1, 0.15) is 12.0 Å². The van der Waals surface area contributed by atoms with Gasteiger partial charge in [-0.15, -0.1) is 0 Å². The molecule has 8 heteroatoms. The summed E-state index contributed by atoms with van der Waals surface area (Å²) < 4.78 is 44.2. The van der Waals surface area contributed by atoms with Gasteiger partial charge in [0, 0.05) is 16.2 Å². The molecule has 0 radical (unpaired) electrons. The Morgan fingerprint density at radius 1 is 1.07 bits per heavy atom. The van der Waals surface area contributed by atoms with E-state index in [0.29, 0.717) is 4.90 Å². The number of carbonyl (C=O) groups is 2. The highest BCUT2D eigenvalue weighted by Gasteiger charge is 2.23. The van der Waals surface area contributed by atoms with Crippen LogP contribution in [-0.2, 0) is 31.5 Å². The zero-order valence-electron chi connectivity index (χ0n) is 14.6. The standard InChI is InChI=1S/C19H19F2NO4S/c1-26-19(24)17(10-11-27(25)13-6-3-2-4-7-13)22-18(23)12-14-15(20)8-5-9-16(14)21/h2-9,17H,10-12H2,1H3,(H,22,23)/t17-,27-/m1/s1. The van der Waals surface area contributed by atoms with E-state index in [1.54, 1.807) is 30.3 Å². The summed E-state index contributed by atoms with van der Waals surface area (Å²) in [7, 11) is -0.203. The lowest BCUT2D eigenvalue weighted by Crippen LogP contribution is -2.43. The predicted molar refractivity (Wildman–Crippen MR) is 96.3 cm³/mol. The molecule has 0 spiro atoms. The van der Waals surface area contributed by atoms with Crippen molar-refractivity contribution in [1.29, 1.82) is 0 Å². The van der Waals surface area contributed by atoms with Crippen molar-refractivity contribution in [1.82, 2.24) is 5.32 Å². The van der Waals surface area contributed by atoms with E-state index in [4.69, 9.17) is 0 Å². The summed E-state index contributed by atoms with van der Waals surface area (Å²) in [5, 5.41) is 2.40. The van der Waals surface area contributed by atoms with Crippen LogP contribution in [0.5, 0.6) is 0 Å². The molecule has 27 heavy (non-hydrogen) atoms. The first-order chi connectivity index (χ1) is 12.9. The molecule has 144 valence electrons. The van der Waals surface area contributed by atoms with Crippen molar-refractivity contribution in [2.24, 2.45) is 0 Å². The summed E-state index contributed by atoms with van der Waals surface area (Å²) in [5.74, 6) is -3.03. The van der Waals surface area contributed by atoms with Crippen LogP contribution in [0.2, 0.25) is 0 Å². The minimum Gasteiger partial charge on any atom is -0.467 e. The zero-order valence-corrected chi connectivity index (χ0v) is 15.4. The van der Waals surface area contributed by atoms with Gasteiger partial charge >= 0.3 is 5.97 Å². The molecule has 0 aliphatic rings. The van der Waals surface area contributed by atoms with Crippen LogP contribution >= 0.6 is 0 Å². The van der Waals surface area contributed by atoms with Crippen LogP contribution in [0.4, 0.5) is 8.78 Å². The fourth-order valence-corrected chi connectivity index (χ4v) is 3.56. The van der Waals surface area contributed by atoms with Gasteiger partial charge in [-0.2, -0.15) is 0 Å². The molecular weight excluding hydrogens is 376 g/mol. The highest BCUT2D eigenvalue weighted by molar-refractivity contribution is 7.85. The normalized spacial score (nSPS) is 12.9. The minimum absolute atomic E-state index is 0.0552. The van der Waals surface area contributed by atoms with Crippen LogP contribution in [0.15, 0.2) is 53.4 Å². The van der Waals surface area contributed by atoms with Gasteiger partial charge in [-0.3, -0.25) is 9.00 Å². The van der Waals surface area contributed by atoms with Crippen LogP contribution < -0.4 is 5.32 Å². The largest absolute Gasteiger partial charge is 0.467 e. The monoisotopic (exact) mass is 395 g/mol. The van der Waals surface area contributed by atoms with E-state index in [1.165, 1.54) is 6.07 Å². The van der Waals surface area contributed by atoms with Gasteiger partial charge in [0.05, 0.1) is 24.3 Å². The van der Waals surface area contributed by atoms with E-state index in [2.05, 4.69) is 10.1 Å². The number of methoxy groups -OCH3 is 1. The van der Waals surface area contributed by atoms with Crippen molar-refractivity contribution in [2.45, 2.75) is 23.8 Å². The van der Waals surface area contributed by atoms with Gasteiger partial charge in [-0.1, -0.05) is 24.3 Å². The number of rotatable bonds is 8. The molecule has 2 aromatic carbocycles. The van der Waals surface area contributed by atoms with E-state index in [9.17, 15) is 22.6 Å². The summed E-state index contributed by atoms with van der Waals surface area (Å²) in [6.45, 7) is 0. The molecule has 0 aromatic heterocycles. The molecule has 0 unspecified atom stereocenters. The number of hydrogen-bond acceptors (Lipinski definition) is 4. The Morgan fingerprint density at radius 3 is 2.30 bits per heavy atom. The molecule has 2 atom stereocenters. The number of nitrogens with one attached hydrogen (secondary N) is 1. The molecule has 1 N–H and O–H groups in total. The van der Waals surface area contributed by atoms with E-state index < -0.39 is 46.8 Å². The summed E-state index contributed by atoms with van der Waals surface area (Å²) >= 11 is 0. The molecule has 1 amide bonds. The molecule has 0 fully saturated rings. The number of amides is 1. The fourth-order valence-electron chi connectivity index (χ4n) is 2.41. The maximum absolute atomic E-state index is 13.7. The molecule has 0 heterocycles. The Kier molecular flexibility index (Phi) is 7.60. The maximum atomic E-state index is 13.7. The van der Waals surface area contributed by atoms with E-state index in [0.717, 1.165) is 19.2 Å². The molecule has 0 aliphatic heterocycles. The first-order valence-electron chi connectivity index (χ1n) is 8.16. The Hall–Kier alpha value is -2.61. The highest BCUT2D eigenvalue weighted by atomic mass is 32.2. The summed E-state index contributed by atoms with van der Waals surface area (Å²) in [6, 6.07) is 10.9. The van der Waals surface area contributed by atoms with Gasteiger partial charge < -0.3 is 10.1 Å². The second kappa shape index (κ2) is 9.91. The number of esters is 1. The molecule has 2 rings (SSSR count). The molecule has 2 aromatic rings. The van der Waals surface area contributed by atoms with Crippen LogP contribution in [0, 0.1) is 11.6 Å². The summed E-state index contributed by atoms with van der Waals surface area (Å²) in [4.78, 5) is 24.6. The van der Waals surface area contributed by atoms with Crippen LogP contribution in [-0.4, -0.2) is 35.0 Å². The zero-order chi connectivity index (χ0) is 19.8. The maximum Gasteiger partial charge on any atom is 0.328 e. The van der Waals surface area contributed by atoms with Crippen molar-refractivity contribution in [3.8, 4) is 0 Å². The lowest BCUT2D eigenvalue weighted by Gasteiger charge is -2.16. The molecular formula is C19H19F2NO4S. The van der Waals surface area contributed by atoms with Crippen molar-refractivity contribution in [3.05, 3.63) is 65.7 Å². The molecule has 0 aliphatic carbocycles. The van der Waals surface area contributed by atoms with Crippen molar-refractivity contribution >= 4 is 22.7 Å². The SMILES string of the molecule is COC(=O)[C@@H](CC[S@@](=O)c1ccccc1)NC(=O)Cc1c(F)cccc1F. The van der Waals surface area contributed by atoms with E-state index in [-0.39, 0.29) is 17.7 Å².